The van der Waals surface area contributed by atoms with Gasteiger partial charge in [0, 0.05) is 13.0 Å². The molecule has 0 unspecified atom stereocenters. The van der Waals surface area contributed by atoms with E-state index in [0.29, 0.717) is 20.7 Å². The summed E-state index contributed by atoms with van der Waals surface area (Å²) in [5.41, 5.74) is 4.92. The first-order valence-electron chi connectivity index (χ1n) is 6.07. The number of aromatic nitrogens is 1. The van der Waals surface area contributed by atoms with E-state index in [0.717, 1.165) is 11.5 Å². The van der Waals surface area contributed by atoms with Crippen molar-refractivity contribution in [3.05, 3.63) is 44.2 Å². The summed E-state index contributed by atoms with van der Waals surface area (Å²) in [7, 11) is 0. The molecule has 3 N–H and O–H groups in total. The van der Waals surface area contributed by atoms with Gasteiger partial charge in [-0.2, -0.15) is 5.26 Å². The molecule has 22 heavy (non-hydrogen) atoms. The molecule has 0 fully saturated rings. The van der Waals surface area contributed by atoms with Crippen molar-refractivity contribution in [3.8, 4) is 6.07 Å². The molecule has 1 aromatic heterocycles. The van der Waals surface area contributed by atoms with Gasteiger partial charge in [-0.1, -0.05) is 29.3 Å². The van der Waals surface area contributed by atoms with Crippen molar-refractivity contribution in [2.24, 2.45) is 5.73 Å². The molecule has 0 aliphatic heterocycles. The average Bonchev–Trinajstić information content (AvgIpc) is 2.76. The fourth-order valence-electron chi connectivity index (χ4n) is 1.69. The quantitative estimate of drug-likeness (QED) is 0.859. The first kappa shape index (κ1) is 16.4. The number of aryl methyl sites for hydroxylation is 1. The number of nitrogens with zero attached hydrogens (tertiary/aromatic N) is 2. The van der Waals surface area contributed by atoms with Crippen LogP contribution < -0.4 is 16.6 Å². The first-order chi connectivity index (χ1) is 10.4. The lowest BCUT2D eigenvalue weighted by Crippen LogP contribution is -2.20. The number of hydrogen-bond donors (Lipinski definition) is 2. The fraction of sp³-hybridized carbons (Fsp3) is 0.154. The van der Waals surface area contributed by atoms with Crippen LogP contribution >= 0.6 is 34.7 Å². The number of carbonyl (C=O) groups excluding carboxylic acids is 1. The van der Waals surface area contributed by atoms with Gasteiger partial charge in [0.1, 0.15) is 11.1 Å². The van der Waals surface area contributed by atoms with Crippen LogP contribution in [0.25, 0.3) is 0 Å². The molecule has 1 aromatic carbocycles. The number of primary amides is 1. The Bertz CT molecular complexity index is 802. The second-order valence-corrected chi connectivity index (χ2v) is 6.10. The van der Waals surface area contributed by atoms with Crippen molar-refractivity contribution in [2.75, 3.05) is 5.32 Å². The number of rotatable bonds is 5. The molecule has 0 radical (unpaired) electrons. The molecule has 0 saturated carbocycles. The standard InChI is InChI=1S/C13H10Cl2N4O2S/c14-8-2-1-3-9(15)11(8)18-12-7(6-16)13(21)19(22-12)5-4-10(17)20/h1-3,18H,4-5H2,(H2,17,20). The molecule has 1 amide bonds. The van der Waals surface area contributed by atoms with Crippen molar-refractivity contribution >= 4 is 51.3 Å². The van der Waals surface area contributed by atoms with E-state index < -0.39 is 11.5 Å². The predicted molar refractivity (Wildman–Crippen MR) is 86.9 cm³/mol. The minimum atomic E-state index is -0.525. The molecule has 0 bridgehead atoms. The molecular formula is C13H10Cl2N4O2S. The molecule has 6 nitrogen and oxygen atoms in total. The van der Waals surface area contributed by atoms with Crippen LogP contribution in [0.5, 0.6) is 0 Å². The number of para-hydroxylation sites is 1. The summed E-state index contributed by atoms with van der Waals surface area (Å²) in [6.45, 7) is 0.117. The highest BCUT2D eigenvalue weighted by atomic mass is 35.5. The van der Waals surface area contributed by atoms with Gasteiger partial charge in [-0.25, -0.2) is 0 Å². The van der Waals surface area contributed by atoms with Crippen LogP contribution in [0.4, 0.5) is 10.7 Å². The van der Waals surface area contributed by atoms with Crippen LogP contribution in [0, 0.1) is 11.3 Å². The van der Waals surface area contributed by atoms with Crippen molar-refractivity contribution in [1.29, 1.82) is 5.26 Å². The van der Waals surface area contributed by atoms with E-state index in [4.69, 9.17) is 34.2 Å². The lowest BCUT2D eigenvalue weighted by molar-refractivity contribution is -0.118. The summed E-state index contributed by atoms with van der Waals surface area (Å²) in [5.74, 6) is -0.525. The van der Waals surface area contributed by atoms with Gasteiger partial charge in [-0.3, -0.25) is 13.5 Å². The fourth-order valence-corrected chi connectivity index (χ4v) is 3.13. The zero-order valence-electron chi connectivity index (χ0n) is 11.1. The highest BCUT2D eigenvalue weighted by Gasteiger charge is 2.17. The van der Waals surface area contributed by atoms with Crippen LogP contribution in [-0.2, 0) is 11.3 Å². The number of halogens is 2. The zero-order chi connectivity index (χ0) is 16.3. The highest BCUT2D eigenvalue weighted by molar-refractivity contribution is 7.11. The van der Waals surface area contributed by atoms with Crippen LogP contribution in [0.15, 0.2) is 23.0 Å². The molecule has 2 aromatic rings. The van der Waals surface area contributed by atoms with Crippen LogP contribution in [0.1, 0.15) is 12.0 Å². The van der Waals surface area contributed by atoms with E-state index in [2.05, 4.69) is 5.32 Å². The van der Waals surface area contributed by atoms with Gasteiger partial charge < -0.3 is 11.1 Å². The van der Waals surface area contributed by atoms with Crippen LogP contribution in [0.3, 0.4) is 0 Å². The lowest BCUT2D eigenvalue weighted by Gasteiger charge is -2.08. The van der Waals surface area contributed by atoms with E-state index in [9.17, 15) is 9.59 Å². The minimum absolute atomic E-state index is 0.0115. The van der Waals surface area contributed by atoms with E-state index in [-0.39, 0.29) is 18.5 Å². The Morgan fingerprint density at radius 3 is 2.59 bits per heavy atom. The van der Waals surface area contributed by atoms with Crippen LogP contribution in [0.2, 0.25) is 10.0 Å². The molecular weight excluding hydrogens is 347 g/mol. The zero-order valence-corrected chi connectivity index (χ0v) is 13.4. The molecule has 0 aliphatic carbocycles. The first-order valence-corrected chi connectivity index (χ1v) is 7.60. The monoisotopic (exact) mass is 356 g/mol. The third-order valence-corrected chi connectivity index (χ3v) is 4.43. The minimum Gasteiger partial charge on any atom is -0.370 e. The largest absolute Gasteiger partial charge is 0.370 e. The number of nitrogens with two attached hydrogens (primary N) is 1. The molecule has 0 atom stereocenters. The Labute approximate surface area is 139 Å². The van der Waals surface area contributed by atoms with Gasteiger partial charge >= 0.3 is 0 Å². The Kier molecular flexibility index (Phi) is 5.08. The molecule has 114 valence electrons. The summed E-state index contributed by atoms with van der Waals surface area (Å²) < 4.78 is 1.29. The normalized spacial score (nSPS) is 10.2. The maximum absolute atomic E-state index is 12.1. The third-order valence-electron chi connectivity index (χ3n) is 2.74. The van der Waals surface area contributed by atoms with Gasteiger partial charge in [0.15, 0.2) is 5.56 Å². The molecule has 0 saturated heterocycles. The number of anilines is 2. The van der Waals surface area contributed by atoms with E-state index in [1.165, 1.54) is 3.96 Å². The highest BCUT2D eigenvalue weighted by Crippen LogP contribution is 2.34. The Balaban J connectivity index is 2.39. The Hall–Kier alpha value is -2.01. The molecule has 0 aliphatic rings. The number of nitrogens with one attached hydrogen (secondary N) is 1. The predicted octanol–water partition coefficient (Wildman–Crippen LogP) is 2.71. The van der Waals surface area contributed by atoms with Gasteiger partial charge in [-0.15, -0.1) is 0 Å². The summed E-state index contributed by atoms with van der Waals surface area (Å²) in [4.78, 5) is 22.9. The van der Waals surface area contributed by atoms with Gasteiger partial charge in [0.2, 0.25) is 5.91 Å². The lowest BCUT2D eigenvalue weighted by atomic mass is 10.3. The van der Waals surface area contributed by atoms with Crippen molar-refractivity contribution in [3.63, 3.8) is 0 Å². The SMILES string of the molecule is N#Cc1c(Nc2c(Cl)cccc2Cl)sn(CCC(N)=O)c1=O. The van der Waals surface area contributed by atoms with Crippen molar-refractivity contribution in [2.45, 2.75) is 13.0 Å². The topological polar surface area (TPSA) is 101 Å². The third kappa shape index (κ3) is 3.42. The van der Waals surface area contributed by atoms with Gasteiger partial charge in [0.05, 0.1) is 15.7 Å². The smallest absolute Gasteiger partial charge is 0.280 e. The van der Waals surface area contributed by atoms with Gasteiger partial charge in [-0.05, 0) is 23.7 Å². The van der Waals surface area contributed by atoms with E-state index >= 15 is 0 Å². The second-order valence-electron chi connectivity index (χ2n) is 4.25. The Morgan fingerprint density at radius 2 is 2.05 bits per heavy atom. The van der Waals surface area contributed by atoms with Crippen molar-refractivity contribution < 1.29 is 4.79 Å². The number of carbonyl (C=O) groups is 1. The number of hydrogen-bond acceptors (Lipinski definition) is 5. The van der Waals surface area contributed by atoms with E-state index in [1.807, 2.05) is 6.07 Å². The maximum Gasteiger partial charge on any atom is 0.280 e. The van der Waals surface area contributed by atoms with Gasteiger partial charge in [0.25, 0.3) is 5.56 Å². The molecule has 2 rings (SSSR count). The second kappa shape index (κ2) is 6.83. The summed E-state index contributed by atoms with van der Waals surface area (Å²) in [5, 5.41) is 13.1. The number of nitriles is 1. The van der Waals surface area contributed by atoms with E-state index in [1.54, 1.807) is 18.2 Å². The summed E-state index contributed by atoms with van der Waals surface area (Å²) in [6.07, 6.45) is 0.0115. The Morgan fingerprint density at radius 1 is 1.41 bits per heavy atom. The van der Waals surface area contributed by atoms with Crippen LogP contribution in [-0.4, -0.2) is 9.86 Å². The molecule has 1 heterocycles. The molecule has 0 spiro atoms. The number of amides is 1. The van der Waals surface area contributed by atoms with Crippen molar-refractivity contribution in [1.82, 2.24) is 3.96 Å². The number of benzene rings is 1. The summed E-state index contributed by atoms with van der Waals surface area (Å²) in [6, 6.07) is 6.79. The average molecular weight is 357 g/mol. The maximum atomic E-state index is 12.1. The molecule has 9 heteroatoms. The summed E-state index contributed by atoms with van der Waals surface area (Å²) >= 11 is 13.1.